The van der Waals surface area contributed by atoms with Gasteiger partial charge in [-0.15, -0.1) is 0 Å². The van der Waals surface area contributed by atoms with Gasteiger partial charge in [-0.05, 0) is 48.9 Å². The Morgan fingerprint density at radius 1 is 0.938 bits per heavy atom. The Kier molecular flexibility index (Phi) is 3.70. The third-order valence-electron chi connectivity index (χ3n) is 6.66. The van der Waals surface area contributed by atoms with Gasteiger partial charge < -0.3 is 4.40 Å². The number of aromatic nitrogens is 2. The number of aryl methyl sites for hydroxylation is 2. The second kappa shape index (κ2) is 6.20. The van der Waals surface area contributed by atoms with Gasteiger partial charge in [0.2, 0.25) is 0 Å². The standard InChI is InChI=1S/C29H25N3/c1-16-11-17(2)27-22(12-16)26-25-20(19(14-30)15-31-26)9-10-21-24-18(13-29(3,4)5)7-6-8-23(24)32(27)28(21)25/h6-12,15H,13H2,1-5H3. The number of nitrogens with zero attached hydrogens (tertiary/aromatic N) is 3. The maximum absolute atomic E-state index is 9.78. The molecule has 0 saturated carbocycles. The number of hydrogen-bond acceptors (Lipinski definition) is 2. The predicted molar refractivity (Wildman–Crippen MR) is 134 cm³/mol. The number of fused-ring (bicyclic) bond motifs is 6. The summed E-state index contributed by atoms with van der Waals surface area (Å²) in [5.41, 5.74) is 9.26. The predicted octanol–water partition coefficient (Wildman–Crippen LogP) is 7.46. The van der Waals surface area contributed by atoms with Gasteiger partial charge in [0.15, 0.2) is 0 Å². The van der Waals surface area contributed by atoms with Crippen molar-refractivity contribution in [3.63, 3.8) is 0 Å². The number of pyridine rings is 2. The molecule has 6 aromatic rings. The highest BCUT2D eigenvalue weighted by molar-refractivity contribution is 6.28. The Bertz CT molecular complexity index is 1750. The maximum Gasteiger partial charge on any atom is 0.101 e. The molecule has 0 aliphatic heterocycles. The van der Waals surface area contributed by atoms with Crippen molar-refractivity contribution < 1.29 is 0 Å². The summed E-state index contributed by atoms with van der Waals surface area (Å²) < 4.78 is 2.43. The van der Waals surface area contributed by atoms with Crippen LogP contribution in [0.15, 0.2) is 48.7 Å². The zero-order valence-electron chi connectivity index (χ0n) is 19.2. The van der Waals surface area contributed by atoms with Gasteiger partial charge in [0.1, 0.15) is 6.07 Å². The number of nitriles is 1. The summed E-state index contributed by atoms with van der Waals surface area (Å²) in [5, 5.41) is 15.6. The summed E-state index contributed by atoms with van der Waals surface area (Å²) in [4.78, 5) is 4.83. The molecule has 0 bridgehead atoms. The smallest absolute Gasteiger partial charge is 0.101 e. The van der Waals surface area contributed by atoms with E-state index < -0.39 is 0 Å². The molecule has 32 heavy (non-hydrogen) atoms. The van der Waals surface area contributed by atoms with E-state index in [9.17, 15) is 5.26 Å². The first-order valence-corrected chi connectivity index (χ1v) is 11.2. The van der Waals surface area contributed by atoms with Crippen LogP contribution in [0.5, 0.6) is 0 Å². The summed E-state index contributed by atoms with van der Waals surface area (Å²) in [5.74, 6) is 0. The summed E-state index contributed by atoms with van der Waals surface area (Å²) in [6, 6.07) is 17.9. The van der Waals surface area contributed by atoms with E-state index >= 15 is 0 Å². The molecule has 0 unspecified atom stereocenters. The van der Waals surface area contributed by atoms with Crippen LogP contribution >= 0.6 is 0 Å². The molecule has 3 heterocycles. The van der Waals surface area contributed by atoms with Crippen molar-refractivity contribution in [2.75, 3.05) is 0 Å². The summed E-state index contributed by atoms with van der Waals surface area (Å²) in [6.07, 6.45) is 2.73. The number of hydrogen-bond donors (Lipinski definition) is 0. The van der Waals surface area contributed by atoms with Crippen LogP contribution in [0.3, 0.4) is 0 Å². The number of benzene rings is 3. The lowest BCUT2D eigenvalue weighted by molar-refractivity contribution is 0.413. The summed E-state index contributed by atoms with van der Waals surface area (Å²) in [7, 11) is 0. The molecule has 0 spiro atoms. The average molecular weight is 416 g/mol. The zero-order chi connectivity index (χ0) is 22.4. The lowest BCUT2D eigenvalue weighted by atomic mass is 9.86. The normalized spacial score (nSPS) is 12.6. The van der Waals surface area contributed by atoms with Crippen LogP contribution < -0.4 is 0 Å². The van der Waals surface area contributed by atoms with Gasteiger partial charge in [-0.2, -0.15) is 5.26 Å². The third-order valence-corrected chi connectivity index (χ3v) is 6.66. The van der Waals surface area contributed by atoms with Crippen LogP contribution in [0, 0.1) is 30.6 Å². The van der Waals surface area contributed by atoms with Crippen LogP contribution in [0.4, 0.5) is 0 Å². The summed E-state index contributed by atoms with van der Waals surface area (Å²) in [6.45, 7) is 11.2. The fourth-order valence-electron chi connectivity index (χ4n) is 5.64. The average Bonchev–Trinajstić information content (AvgIpc) is 3.07. The van der Waals surface area contributed by atoms with E-state index in [2.05, 4.69) is 87.6 Å². The monoisotopic (exact) mass is 415 g/mol. The van der Waals surface area contributed by atoms with Gasteiger partial charge in [0.05, 0.1) is 27.6 Å². The molecule has 0 atom stereocenters. The fourth-order valence-corrected chi connectivity index (χ4v) is 5.64. The minimum atomic E-state index is 0.186. The zero-order valence-corrected chi connectivity index (χ0v) is 19.2. The maximum atomic E-state index is 9.78. The van der Waals surface area contributed by atoms with Gasteiger partial charge in [0.25, 0.3) is 0 Å². The molecule has 0 N–H and O–H groups in total. The van der Waals surface area contributed by atoms with E-state index in [1.807, 2.05) is 0 Å². The topological polar surface area (TPSA) is 41.1 Å². The highest BCUT2D eigenvalue weighted by atomic mass is 14.9. The van der Waals surface area contributed by atoms with Crippen molar-refractivity contribution >= 4 is 49.0 Å². The van der Waals surface area contributed by atoms with Crippen LogP contribution in [0.1, 0.15) is 43.0 Å². The van der Waals surface area contributed by atoms with Crippen LogP contribution in [0.2, 0.25) is 0 Å². The Labute approximate surface area is 187 Å². The van der Waals surface area contributed by atoms with Crippen molar-refractivity contribution in [3.8, 4) is 6.07 Å². The minimum absolute atomic E-state index is 0.186. The molecule has 3 nitrogen and oxygen atoms in total. The van der Waals surface area contributed by atoms with Crippen LogP contribution in [-0.4, -0.2) is 9.38 Å². The molecule has 3 aromatic heterocycles. The lowest BCUT2D eigenvalue weighted by Gasteiger charge is -2.19. The molecule has 156 valence electrons. The van der Waals surface area contributed by atoms with Crippen molar-refractivity contribution in [2.45, 2.75) is 41.0 Å². The largest absolute Gasteiger partial charge is 0.308 e. The molecular formula is C29H25N3. The quantitative estimate of drug-likeness (QED) is 0.206. The molecule has 0 aliphatic carbocycles. The van der Waals surface area contributed by atoms with Crippen molar-refractivity contribution in [1.82, 2.24) is 9.38 Å². The second-order valence-electron chi connectivity index (χ2n) is 10.4. The van der Waals surface area contributed by atoms with Crippen molar-refractivity contribution in [2.24, 2.45) is 5.41 Å². The molecule has 0 amide bonds. The molecule has 0 saturated heterocycles. The van der Waals surface area contributed by atoms with Crippen LogP contribution in [-0.2, 0) is 6.42 Å². The van der Waals surface area contributed by atoms with E-state index in [4.69, 9.17) is 4.98 Å². The van der Waals surface area contributed by atoms with Gasteiger partial charge in [0, 0.05) is 33.1 Å². The molecule has 0 fully saturated rings. The molecule has 0 radical (unpaired) electrons. The molecule has 3 heteroatoms. The molecule has 6 rings (SSSR count). The fraction of sp³-hybridized carbons (Fsp3) is 0.241. The summed E-state index contributed by atoms with van der Waals surface area (Å²) >= 11 is 0. The van der Waals surface area contributed by atoms with E-state index in [-0.39, 0.29) is 5.41 Å². The molecule has 0 aliphatic rings. The first-order valence-electron chi connectivity index (χ1n) is 11.2. The molecule has 3 aromatic carbocycles. The van der Waals surface area contributed by atoms with Gasteiger partial charge in [-0.3, -0.25) is 4.98 Å². The Balaban J connectivity index is 1.99. The van der Waals surface area contributed by atoms with E-state index in [1.165, 1.54) is 44.0 Å². The molecular weight excluding hydrogens is 390 g/mol. The SMILES string of the molecule is Cc1cc(C)c2c(c1)c1ncc(C#N)c3ccc4c5c(CC(C)(C)C)cccc5n2c4c31. The van der Waals surface area contributed by atoms with Gasteiger partial charge in [-0.1, -0.05) is 56.7 Å². The van der Waals surface area contributed by atoms with Gasteiger partial charge in [-0.25, -0.2) is 0 Å². The Morgan fingerprint density at radius 3 is 2.47 bits per heavy atom. The van der Waals surface area contributed by atoms with Crippen LogP contribution in [0.25, 0.3) is 49.0 Å². The van der Waals surface area contributed by atoms with E-state index in [0.717, 1.165) is 28.1 Å². The third kappa shape index (κ3) is 2.44. The Morgan fingerprint density at radius 2 is 1.72 bits per heavy atom. The highest BCUT2D eigenvalue weighted by Gasteiger charge is 2.23. The lowest BCUT2D eigenvalue weighted by Crippen LogP contribution is -2.09. The first-order chi connectivity index (χ1) is 15.3. The highest BCUT2D eigenvalue weighted by Crippen LogP contribution is 2.43. The number of rotatable bonds is 1. The van der Waals surface area contributed by atoms with Crippen molar-refractivity contribution in [1.29, 1.82) is 5.26 Å². The second-order valence-corrected chi connectivity index (χ2v) is 10.4. The first kappa shape index (κ1) is 19.1. The van der Waals surface area contributed by atoms with E-state index in [1.54, 1.807) is 6.20 Å². The van der Waals surface area contributed by atoms with E-state index in [0.29, 0.717) is 5.56 Å². The minimum Gasteiger partial charge on any atom is -0.308 e. The van der Waals surface area contributed by atoms with Crippen molar-refractivity contribution in [3.05, 3.63) is 70.9 Å². The Hall–Kier alpha value is -3.64. The van der Waals surface area contributed by atoms with Gasteiger partial charge >= 0.3 is 0 Å².